The van der Waals surface area contributed by atoms with E-state index >= 15 is 0 Å². The number of carboxylic acids is 1. The SMILES string of the molecule is CCC(C(C(C)=O)C(=O)O)C(c1ccccc1)c1ccc(OC)c(OC2CCCC2)c1. The lowest BCUT2D eigenvalue weighted by Crippen LogP contribution is -2.33. The summed E-state index contributed by atoms with van der Waals surface area (Å²) in [5, 5.41) is 9.85. The molecule has 1 N–H and O–H groups in total. The average Bonchev–Trinajstić information content (AvgIpc) is 3.26. The predicted octanol–water partition coefficient (Wildman–Crippen LogP) is 5.46. The molecule has 0 saturated heterocycles. The van der Waals surface area contributed by atoms with Crippen LogP contribution < -0.4 is 9.47 Å². The molecule has 0 amide bonds. The summed E-state index contributed by atoms with van der Waals surface area (Å²) in [5.41, 5.74) is 1.91. The van der Waals surface area contributed by atoms with Gasteiger partial charge in [-0.1, -0.05) is 49.7 Å². The zero-order chi connectivity index (χ0) is 22.4. The molecule has 166 valence electrons. The van der Waals surface area contributed by atoms with Gasteiger partial charge in [0, 0.05) is 5.92 Å². The molecule has 2 aromatic rings. The largest absolute Gasteiger partial charge is 0.493 e. The van der Waals surface area contributed by atoms with E-state index in [-0.39, 0.29) is 23.7 Å². The van der Waals surface area contributed by atoms with Gasteiger partial charge in [-0.05, 0) is 61.8 Å². The molecule has 0 radical (unpaired) electrons. The van der Waals surface area contributed by atoms with Crippen molar-refractivity contribution in [2.45, 2.75) is 58.0 Å². The van der Waals surface area contributed by atoms with Crippen molar-refractivity contribution in [1.82, 2.24) is 0 Å². The van der Waals surface area contributed by atoms with Gasteiger partial charge in [0.2, 0.25) is 0 Å². The molecule has 3 unspecified atom stereocenters. The minimum absolute atomic E-state index is 0.172. The van der Waals surface area contributed by atoms with Gasteiger partial charge in [-0.3, -0.25) is 9.59 Å². The summed E-state index contributed by atoms with van der Waals surface area (Å²) >= 11 is 0. The molecule has 0 aromatic heterocycles. The second-order valence-electron chi connectivity index (χ2n) is 8.32. The molecular weight excluding hydrogens is 392 g/mol. The van der Waals surface area contributed by atoms with Gasteiger partial charge in [-0.15, -0.1) is 0 Å². The van der Waals surface area contributed by atoms with Crippen molar-refractivity contribution in [1.29, 1.82) is 0 Å². The van der Waals surface area contributed by atoms with Crippen LogP contribution in [-0.2, 0) is 9.59 Å². The number of benzene rings is 2. The first-order valence-corrected chi connectivity index (χ1v) is 11.1. The highest BCUT2D eigenvalue weighted by molar-refractivity contribution is 5.97. The molecule has 1 aliphatic rings. The van der Waals surface area contributed by atoms with E-state index in [1.165, 1.54) is 6.92 Å². The van der Waals surface area contributed by atoms with Gasteiger partial charge in [0.25, 0.3) is 0 Å². The highest BCUT2D eigenvalue weighted by atomic mass is 16.5. The fourth-order valence-electron chi connectivity index (χ4n) is 4.83. The van der Waals surface area contributed by atoms with Crippen molar-refractivity contribution in [3.8, 4) is 11.5 Å². The highest BCUT2D eigenvalue weighted by Crippen LogP contribution is 2.42. The van der Waals surface area contributed by atoms with Crippen LogP contribution in [0.1, 0.15) is 63.0 Å². The van der Waals surface area contributed by atoms with E-state index in [9.17, 15) is 14.7 Å². The van der Waals surface area contributed by atoms with Crippen molar-refractivity contribution >= 4 is 11.8 Å². The van der Waals surface area contributed by atoms with Crippen LogP contribution >= 0.6 is 0 Å². The Kier molecular flexibility index (Phi) is 7.72. The van der Waals surface area contributed by atoms with Gasteiger partial charge < -0.3 is 14.6 Å². The number of carbonyl (C=O) groups is 2. The smallest absolute Gasteiger partial charge is 0.314 e. The van der Waals surface area contributed by atoms with Crippen molar-refractivity contribution in [2.75, 3.05) is 7.11 Å². The standard InChI is InChI=1S/C26H32O5/c1-4-21(24(17(2)27)26(28)29)25(18-10-6-5-7-11-18)19-14-15-22(30-3)23(16-19)31-20-12-8-9-13-20/h5-7,10-11,14-16,20-21,24-25H,4,8-9,12-13H2,1-3H3,(H,28,29). The summed E-state index contributed by atoms with van der Waals surface area (Å²) in [6, 6.07) is 15.6. The quantitative estimate of drug-likeness (QED) is 0.513. The first kappa shape index (κ1) is 22.9. The molecule has 5 nitrogen and oxygen atoms in total. The summed E-state index contributed by atoms with van der Waals surface area (Å²) in [4.78, 5) is 24.4. The Hall–Kier alpha value is -2.82. The molecule has 1 aliphatic carbocycles. The second kappa shape index (κ2) is 10.5. The zero-order valence-electron chi connectivity index (χ0n) is 18.5. The van der Waals surface area contributed by atoms with Crippen molar-refractivity contribution in [3.63, 3.8) is 0 Å². The number of rotatable bonds is 10. The molecule has 5 heteroatoms. The maximum atomic E-state index is 12.3. The van der Waals surface area contributed by atoms with Crippen LogP contribution in [0.3, 0.4) is 0 Å². The van der Waals surface area contributed by atoms with Crippen LogP contribution in [0.2, 0.25) is 0 Å². The Bertz CT molecular complexity index is 872. The van der Waals surface area contributed by atoms with Crippen LogP contribution in [0.5, 0.6) is 11.5 Å². The van der Waals surface area contributed by atoms with E-state index in [2.05, 4.69) is 0 Å². The number of Topliss-reactive ketones (excluding diaryl/α,β-unsaturated/α-hetero) is 1. The predicted molar refractivity (Wildman–Crippen MR) is 120 cm³/mol. The topological polar surface area (TPSA) is 72.8 Å². The van der Waals surface area contributed by atoms with Crippen molar-refractivity contribution < 1.29 is 24.2 Å². The number of carbonyl (C=O) groups excluding carboxylic acids is 1. The molecule has 0 bridgehead atoms. The molecule has 1 fully saturated rings. The number of methoxy groups -OCH3 is 1. The van der Waals surface area contributed by atoms with Gasteiger partial charge in [-0.25, -0.2) is 0 Å². The lowest BCUT2D eigenvalue weighted by molar-refractivity contribution is -0.148. The first-order valence-electron chi connectivity index (χ1n) is 11.1. The van der Waals surface area contributed by atoms with E-state index in [4.69, 9.17) is 9.47 Å². The zero-order valence-corrected chi connectivity index (χ0v) is 18.5. The fraction of sp³-hybridized carbons (Fsp3) is 0.462. The maximum absolute atomic E-state index is 12.3. The summed E-state index contributed by atoms with van der Waals surface area (Å²) in [6.07, 6.45) is 5.11. The maximum Gasteiger partial charge on any atom is 0.314 e. The van der Waals surface area contributed by atoms with Gasteiger partial charge >= 0.3 is 5.97 Å². The summed E-state index contributed by atoms with van der Waals surface area (Å²) in [5.74, 6) is -1.77. The Morgan fingerprint density at radius 2 is 1.71 bits per heavy atom. The Balaban J connectivity index is 2.09. The normalized spacial score (nSPS) is 17.0. The van der Waals surface area contributed by atoms with Crippen molar-refractivity contribution in [2.24, 2.45) is 11.8 Å². The third kappa shape index (κ3) is 5.27. The van der Waals surface area contributed by atoms with E-state index in [1.807, 2.05) is 55.5 Å². The lowest BCUT2D eigenvalue weighted by Gasteiger charge is -2.31. The van der Waals surface area contributed by atoms with Crippen LogP contribution in [0.15, 0.2) is 48.5 Å². The average molecular weight is 425 g/mol. The molecular formula is C26H32O5. The molecule has 0 heterocycles. The molecule has 0 spiro atoms. The molecule has 3 rings (SSSR count). The number of hydrogen-bond donors (Lipinski definition) is 1. The first-order chi connectivity index (χ1) is 15.0. The third-order valence-electron chi connectivity index (χ3n) is 6.33. The van der Waals surface area contributed by atoms with E-state index in [0.717, 1.165) is 36.8 Å². The van der Waals surface area contributed by atoms with E-state index in [0.29, 0.717) is 17.9 Å². The summed E-state index contributed by atoms with van der Waals surface area (Å²) < 4.78 is 11.8. The van der Waals surface area contributed by atoms with Crippen LogP contribution in [0.4, 0.5) is 0 Å². The highest BCUT2D eigenvalue weighted by Gasteiger charge is 2.38. The number of carboxylic acid groups (broad SMARTS) is 1. The number of ether oxygens (including phenoxy) is 2. The summed E-state index contributed by atoms with van der Waals surface area (Å²) in [6.45, 7) is 3.31. The molecule has 0 aliphatic heterocycles. The minimum atomic E-state index is -1.07. The molecule has 2 aromatic carbocycles. The Labute approximate surface area is 184 Å². The van der Waals surface area contributed by atoms with E-state index in [1.54, 1.807) is 7.11 Å². The van der Waals surface area contributed by atoms with Gasteiger partial charge in [0.15, 0.2) is 11.5 Å². The van der Waals surface area contributed by atoms with Gasteiger partial charge in [-0.2, -0.15) is 0 Å². The van der Waals surface area contributed by atoms with Gasteiger partial charge in [0.05, 0.1) is 13.2 Å². The van der Waals surface area contributed by atoms with Crippen LogP contribution in [0, 0.1) is 11.8 Å². The Morgan fingerprint density at radius 3 is 2.26 bits per heavy atom. The fourth-order valence-corrected chi connectivity index (χ4v) is 4.83. The summed E-state index contributed by atoms with van der Waals surface area (Å²) in [7, 11) is 1.62. The third-order valence-corrected chi connectivity index (χ3v) is 6.33. The second-order valence-corrected chi connectivity index (χ2v) is 8.32. The Morgan fingerprint density at radius 1 is 1.03 bits per heavy atom. The number of aliphatic carboxylic acids is 1. The van der Waals surface area contributed by atoms with Crippen molar-refractivity contribution in [3.05, 3.63) is 59.7 Å². The lowest BCUT2D eigenvalue weighted by atomic mass is 9.72. The number of hydrogen-bond acceptors (Lipinski definition) is 4. The van der Waals surface area contributed by atoms with Crippen LogP contribution in [0.25, 0.3) is 0 Å². The molecule has 31 heavy (non-hydrogen) atoms. The van der Waals surface area contributed by atoms with Gasteiger partial charge in [0.1, 0.15) is 11.7 Å². The molecule has 1 saturated carbocycles. The minimum Gasteiger partial charge on any atom is -0.493 e. The molecule has 3 atom stereocenters. The monoisotopic (exact) mass is 424 g/mol. The van der Waals surface area contributed by atoms with E-state index < -0.39 is 11.9 Å². The van der Waals surface area contributed by atoms with Crippen LogP contribution in [-0.4, -0.2) is 30.1 Å². The number of ketones is 1.